The molecule has 4 heterocycles. The lowest BCUT2D eigenvalue weighted by molar-refractivity contribution is -0.182. The van der Waals surface area contributed by atoms with Crippen molar-refractivity contribution < 1.29 is 9.47 Å². The van der Waals surface area contributed by atoms with E-state index in [0.717, 1.165) is 50.8 Å². The molecule has 0 saturated carbocycles. The normalized spacial score (nSPS) is 22.4. The number of hydrogen-bond donors (Lipinski definition) is 0. The average Bonchev–Trinajstić information content (AvgIpc) is 3.04. The highest BCUT2D eigenvalue weighted by atomic mass is 32.1. The Hall–Kier alpha value is -1.27. The molecular weight excluding hydrogens is 344 g/mol. The Kier molecular flexibility index (Phi) is 5.69. The lowest BCUT2D eigenvalue weighted by Crippen LogP contribution is -2.64. The zero-order chi connectivity index (χ0) is 17.8. The van der Waals surface area contributed by atoms with Crippen LogP contribution in [0.15, 0.2) is 36.0 Å². The number of hydrogen-bond acceptors (Lipinski definition) is 5. The summed E-state index contributed by atoms with van der Waals surface area (Å²) in [5.74, 6) is 0.725. The Bertz CT molecular complexity index is 697. The minimum absolute atomic E-state index is 0.109. The van der Waals surface area contributed by atoms with Crippen molar-refractivity contribution in [2.45, 2.75) is 44.9 Å². The Labute approximate surface area is 160 Å². The van der Waals surface area contributed by atoms with Gasteiger partial charge in [0, 0.05) is 50.1 Å². The lowest BCUT2D eigenvalue weighted by atomic mass is 9.79. The Balaban J connectivity index is 1.18. The van der Waals surface area contributed by atoms with Gasteiger partial charge in [0.15, 0.2) is 0 Å². The van der Waals surface area contributed by atoms with Gasteiger partial charge in [0.2, 0.25) is 0 Å². The summed E-state index contributed by atoms with van der Waals surface area (Å²) >= 11 is 1.87. The summed E-state index contributed by atoms with van der Waals surface area (Å²) in [6.45, 7) is 7.84. The highest BCUT2D eigenvalue weighted by molar-refractivity contribution is 7.10. The number of aromatic nitrogens is 1. The molecule has 2 aliphatic rings. The monoisotopic (exact) mass is 372 g/mol. The number of aryl methyl sites for hydroxylation is 1. The molecule has 2 fully saturated rings. The first-order valence-electron chi connectivity index (χ1n) is 9.58. The van der Waals surface area contributed by atoms with Gasteiger partial charge in [-0.3, -0.25) is 9.88 Å². The molecule has 0 radical (unpaired) electrons. The molecule has 4 rings (SSSR count). The van der Waals surface area contributed by atoms with Gasteiger partial charge in [0.05, 0.1) is 12.2 Å². The maximum atomic E-state index is 6.20. The van der Waals surface area contributed by atoms with E-state index < -0.39 is 0 Å². The molecule has 4 nitrogen and oxygen atoms in total. The van der Waals surface area contributed by atoms with Crippen LogP contribution in [0.5, 0.6) is 0 Å². The van der Waals surface area contributed by atoms with E-state index in [-0.39, 0.29) is 5.60 Å². The second-order valence-corrected chi connectivity index (χ2v) is 8.77. The summed E-state index contributed by atoms with van der Waals surface area (Å²) in [6, 6.07) is 6.24. The molecule has 1 atom stereocenters. The fourth-order valence-corrected chi connectivity index (χ4v) is 5.12. The molecule has 2 aromatic heterocycles. The van der Waals surface area contributed by atoms with Crippen LogP contribution in [-0.4, -0.2) is 41.8 Å². The van der Waals surface area contributed by atoms with Gasteiger partial charge in [0.25, 0.3) is 0 Å². The molecule has 0 aromatic carbocycles. The van der Waals surface area contributed by atoms with Crippen molar-refractivity contribution in [3.8, 4) is 0 Å². The Morgan fingerprint density at radius 3 is 3.08 bits per heavy atom. The fourth-order valence-electron chi connectivity index (χ4n) is 4.17. The number of ether oxygens (including phenoxy) is 2. The summed E-state index contributed by atoms with van der Waals surface area (Å²) < 4.78 is 12.1. The summed E-state index contributed by atoms with van der Waals surface area (Å²) in [7, 11) is 0. The molecule has 0 bridgehead atoms. The van der Waals surface area contributed by atoms with Crippen molar-refractivity contribution in [1.29, 1.82) is 0 Å². The smallest absolute Gasteiger partial charge is 0.0937 e. The number of rotatable bonds is 7. The molecule has 140 valence electrons. The third kappa shape index (κ3) is 4.34. The molecule has 0 N–H and O–H groups in total. The highest BCUT2D eigenvalue weighted by Crippen LogP contribution is 2.39. The van der Waals surface area contributed by atoms with Gasteiger partial charge in [-0.25, -0.2) is 0 Å². The van der Waals surface area contributed by atoms with Crippen LogP contribution in [0, 0.1) is 12.8 Å². The van der Waals surface area contributed by atoms with Crippen molar-refractivity contribution in [1.82, 2.24) is 9.88 Å². The summed E-state index contributed by atoms with van der Waals surface area (Å²) in [4.78, 5) is 8.15. The van der Waals surface area contributed by atoms with Crippen LogP contribution in [0.2, 0.25) is 0 Å². The molecule has 26 heavy (non-hydrogen) atoms. The molecule has 0 aliphatic carbocycles. The topological polar surface area (TPSA) is 34.6 Å². The van der Waals surface area contributed by atoms with Crippen molar-refractivity contribution in [3.63, 3.8) is 0 Å². The van der Waals surface area contributed by atoms with Crippen LogP contribution in [0.1, 0.15) is 35.3 Å². The van der Waals surface area contributed by atoms with Gasteiger partial charge in [-0.15, -0.1) is 11.3 Å². The molecule has 2 aliphatic heterocycles. The van der Waals surface area contributed by atoms with Crippen LogP contribution in [-0.2, 0) is 22.6 Å². The third-order valence-corrected chi connectivity index (χ3v) is 6.62. The highest BCUT2D eigenvalue weighted by Gasteiger charge is 2.47. The first-order chi connectivity index (χ1) is 12.7. The number of thiophene rings is 1. The summed E-state index contributed by atoms with van der Waals surface area (Å²) in [5.41, 5.74) is 2.68. The zero-order valence-electron chi connectivity index (χ0n) is 15.5. The maximum absolute atomic E-state index is 6.20. The number of likely N-dealkylation sites (tertiary alicyclic amines) is 1. The number of pyridine rings is 1. The molecule has 0 unspecified atom stereocenters. The average molecular weight is 373 g/mol. The largest absolute Gasteiger partial charge is 0.377 e. The Morgan fingerprint density at radius 1 is 1.38 bits per heavy atom. The van der Waals surface area contributed by atoms with Gasteiger partial charge in [-0.05, 0) is 60.7 Å². The third-order valence-electron chi connectivity index (χ3n) is 5.62. The quantitative estimate of drug-likeness (QED) is 0.687. The van der Waals surface area contributed by atoms with E-state index in [4.69, 9.17) is 9.47 Å². The molecule has 0 amide bonds. The van der Waals surface area contributed by atoms with E-state index in [2.05, 4.69) is 34.3 Å². The molecular formula is C21H28N2O2S. The first-order valence-corrected chi connectivity index (χ1v) is 10.5. The maximum Gasteiger partial charge on any atom is 0.0937 e. The number of nitrogens with zero attached hydrogens (tertiary/aromatic N) is 2. The molecule has 2 aromatic rings. The van der Waals surface area contributed by atoms with Crippen molar-refractivity contribution in [3.05, 3.63) is 52.0 Å². The van der Waals surface area contributed by atoms with E-state index in [1.165, 1.54) is 23.3 Å². The van der Waals surface area contributed by atoms with Gasteiger partial charge in [-0.1, -0.05) is 6.07 Å². The minimum atomic E-state index is 0.109. The predicted molar refractivity (Wildman–Crippen MR) is 104 cm³/mol. The SMILES string of the molecule is Cc1ccsc1CN1CC2(C[C@@H](CCOCc3cccnc3)CCO2)C1. The van der Waals surface area contributed by atoms with E-state index in [9.17, 15) is 0 Å². The van der Waals surface area contributed by atoms with Crippen LogP contribution in [0.25, 0.3) is 0 Å². The van der Waals surface area contributed by atoms with E-state index in [1.54, 1.807) is 6.20 Å². The van der Waals surface area contributed by atoms with E-state index in [0.29, 0.717) is 6.61 Å². The van der Waals surface area contributed by atoms with Crippen molar-refractivity contribution in [2.24, 2.45) is 5.92 Å². The standard InChI is InChI=1S/C21H28N2O2S/c1-17-6-10-26-20(17)13-23-15-21(16-23)11-18(5-9-25-21)4-8-24-14-19-3-2-7-22-12-19/h2-3,6-7,10,12,18H,4-5,8-9,11,13-16H2,1H3/t18-/m0/s1. The minimum Gasteiger partial charge on any atom is -0.377 e. The van der Waals surface area contributed by atoms with Gasteiger partial charge >= 0.3 is 0 Å². The second kappa shape index (κ2) is 8.17. The molecule has 5 heteroatoms. The van der Waals surface area contributed by atoms with Crippen molar-refractivity contribution >= 4 is 11.3 Å². The van der Waals surface area contributed by atoms with Crippen molar-refractivity contribution in [2.75, 3.05) is 26.3 Å². The van der Waals surface area contributed by atoms with Crippen LogP contribution in [0.3, 0.4) is 0 Å². The van der Waals surface area contributed by atoms with Crippen LogP contribution < -0.4 is 0 Å². The lowest BCUT2D eigenvalue weighted by Gasteiger charge is -2.53. The summed E-state index contributed by atoms with van der Waals surface area (Å²) in [6.07, 6.45) is 7.16. The molecule has 2 saturated heterocycles. The van der Waals surface area contributed by atoms with Gasteiger partial charge < -0.3 is 9.47 Å². The van der Waals surface area contributed by atoms with E-state index in [1.807, 2.05) is 23.6 Å². The Morgan fingerprint density at radius 2 is 2.31 bits per heavy atom. The zero-order valence-corrected chi connectivity index (χ0v) is 16.3. The van der Waals surface area contributed by atoms with Gasteiger partial charge in [0.1, 0.15) is 0 Å². The van der Waals surface area contributed by atoms with Crippen LogP contribution >= 0.6 is 11.3 Å². The summed E-state index contributed by atoms with van der Waals surface area (Å²) in [5, 5.41) is 2.19. The predicted octanol–water partition coefficient (Wildman–Crippen LogP) is 4.04. The molecule has 1 spiro atoms. The second-order valence-electron chi connectivity index (χ2n) is 7.76. The van der Waals surface area contributed by atoms with E-state index >= 15 is 0 Å². The van der Waals surface area contributed by atoms with Crippen LogP contribution in [0.4, 0.5) is 0 Å². The fraction of sp³-hybridized carbons (Fsp3) is 0.571. The first kappa shape index (κ1) is 18.1. The van der Waals surface area contributed by atoms with Gasteiger partial charge in [-0.2, -0.15) is 0 Å².